The monoisotopic (exact) mass is 316 g/mol. The van der Waals surface area contributed by atoms with Gasteiger partial charge in [-0.2, -0.15) is 0 Å². The number of carboxylic acids is 1. The maximum Gasteiger partial charge on any atom is 0.318 e. The Hall–Kier alpha value is -1.53. The van der Waals surface area contributed by atoms with Gasteiger partial charge in [-0.25, -0.2) is 4.79 Å². The van der Waals surface area contributed by atoms with E-state index in [-0.39, 0.29) is 12.5 Å². The highest BCUT2D eigenvalue weighted by atomic mass is 35.5. The molecule has 0 saturated heterocycles. The molecule has 1 aromatic heterocycles. The third-order valence-corrected chi connectivity index (χ3v) is 3.67. The van der Waals surface area contributed by atoms with E-state index < -0.39 is 5.97 Å². The second kappa shape index (κ2) is 8.60. The van der Waals surface area contributed by atoms with Crippen LogP contribution in [0.3, 0.4) is 0 Å². The summed E-state index contributed by atoms with van der Waals surface area (Å²) in [7, 11) is 0. The summed E-state index contributed by atoms with van der Waals surface area (Å²) in [4.78, 5) is 24.9. The smallest absolute Gasteiger partial charge is 0.318 e. The van der Waals surface area contributed by atoms with Gasteiger partial charge in [0.15, 0.2) is 0 Å². The number of nitrogens with one attached hydrogen (secondary N) is 1. The molecule has 0 saturated carbocycles. The minimum atomic E-state index is -0.865. The van der Waals surface area contributed by atoms with E-state index in [2.05, 4.69) is 11.9 Å². The van der Waals surface area contributed by atoms with Crippen LogP contribution >= 0.6 is 22.9 Å². The van der Waals surface area contributed by atoms with Crippen LogP contribution < -0.4 is 5.32 Å². The molecule has 110 valence electrons. The minimum Gasteiger partial charge on any atom is -0.481 e. The highest BCUT2D eigenvalue weighted by Gasteiger charge is 2.13. The molecule has 7 heteroatoms. The Morgan fingerprint density at radius 1 is 1.50 bits per heavy atom. The summed E-state index contributed by atoms with van der Waals surface area (Å²) < 4.78 is 0.681. The van der Waals surface area contributed by atoms with E-state index >= 15 is 0 Å². The summed E-state index contributed by atoms with van der Waals surface area (Å²) >= 11 is 7.28. The molecule has 0 fully saturated rings. The number of rotatable bonds is 8. The van der Waals surface area contributed by atoms with Crippen molar-refractivity contribution >= 4 is 34.9 Å². The first-order valence-corrected chi connectivity index (χ1v) is 7.32. The van der Waals surface area contributed by atoms with Gasteiger partial charge in [0.2, 0.25) is 0 Å². The number of hydrogen-bond donors (Lipinski definition) is 2. The first-order valence-electron chi connectivity index (χ1n) is 6.12. The van der Waals surface area contributed by atoms with Crippen molar-refractivity contribution in [3.8, 4) is 0 Å². The third kappa shape index (κ3) is 6.08. The van der Waals surface area contributed by atoms with Crippen LogP contribution in [0.4, 0.5) is 4.79 Å². The molecule has 0 unspecified atom stereocenters. The van der Waals surface area contributed by atoms with E-state index in [0.29, 0.717) is 30.4 Å². The predicted molar refractivity (Wildman–Crippen MR) is 80.2 cm³/mol. The second-order valence-corrected chi connectivity index (χ2v) is 5.90. The molecule has 20 heavy (non-hydrogen) atoms. The van der Waals surface area contributed by atoms with Crippen LogP contribution in [-0.4, -0.2) is 35.1 Å². The zero-order valence-electron chi connectivity index (χ0n) is 11.0. The molecule has 0 bridgehead atoms. The molecule has 1 rings (SSSR count). The van der Waals surface area contributed by atoms with Crippen molar-refractivity contribution in [3.05, 3.63) is 34.0 Å². The summed E-state index contributed by atoms with van der Waals surface area (Å²) in [5.41, 5.74) is 0. The SMILES string of the molecule is C=CCN(Cc1ccc(Cl)s1)C(=O)NCCCC(=O)O. The quantitative estimate of drug-likeness (QED) is 0.572. The van der Waals surface area contributed by atoms with Gasteiger partial charge < -0.3 is 15.3 Å². The fraction of sp³-hybridized carbons (Fsp3) is 0.385. The minimum absolute atomic E-state index is 0.0439. The lowest BCUT2D eigenvalue weighted by atomic mass is 10.3. The number of halogens is 1. The predicted octanol–water partition coefficient (Wildman–Crippen LogP) is 2.96. The van der Waals surface area contributed by atoms with Crippen LogP contribution in [0.2, 0.25) is 4.34 Å². The number of thiophene rings is 1. The van der Waals surface area contributed by atoms with Gasteiger partial charge in [0.25, 0.3) is 0 Å². The molecular weight excluding hydrogens is 300 g/mol. The number of aliphatic carboxylic acids is 1. The molecule has 0 aliphatic carbocycles. The molecule has 0 aliphatic heterocycles. The van der Waals surface area contributed by atoms with Crippen molar-refractivity contribution in [1.29, 1.82) is 0 Å². The summed E-state index contributed by atoms with van der Waals surface area (Å²) in [5.74, 6) is -0.865. The van der Waals surface area contributed by atoms with E-state index in [9.17, 15) is 9.59 Å². The van der Waals surface area contributed by atoms with Crippen LogP contribution in [0.1, 0.15) is 17.7 Å². The van der Waals surface area contributed by atoms with Crippen molar-refractivity contribution in [2.24, 2.45) is 0 Å². The van der Waals surface area contributed by atoms with Crippen molar-refractivity contribution in [3.63, 3.8) is 0 Å². The van der Waals surface area contributed by atoms with Crippen molar-refractivity contribution in [1.82, 2.24) is 10.2 Å². The Morgan fingerprint density at radius 3 is 2.80 bits per heavy atom. The molecular formula is C13H17ClN2O3S. The van der Waals surface area contributed by atoms with Gasteiger partial charge in [-0.3, -0.25) is 4.79 Å². The highest BCUT2D eigenvalue weighted by molar-refractivity contribution is 7.16. The normalized spacial score (nSPS) is 10.1. The van der Waals surface area contributed by atoms with Crippen molar-refractivity contribution < 1.29 is 14.7 Å². The average Bonchev–Trinajstić information content (AvgIpc) is 2.79. The van der Waals surface area contributed by atoms with Crippen molar-refractivity contribution in [2.75, 3.05) is 13.1 Å². The van der Waals surface area contributed by atoms with Gasteiger partial charge in [0, 0.05) is 24.4 Å². The first-order chi connectivity index (χ1) is 9.52. The van der Waals surface area contributed by atoms with E-state index in [4.69, 9.17) is 16.7 Å². The summed E-state index contributed by atoms with van der Waals surface area (Å²) in [6.45, 7) is 4.83. The summed E-state index contributed by atoms with van der Waals surface area (Å²) in [5, 5.41) is 11.2. The van der Waals surface area contributed by atoms with Crippen LogP contribution in [0, 0.1) is 0 Å². The largest absolute Gasteiger partial charge is 0.481 e. The first kappa shape index (κ1) is 16.5. The second-order valence-electron chi connectivity index (χ2n) is 4.10. The molecule has 5 nitrogen and oxygen atoms in total. The Kier molecular flexibility index (Phi) is 7.11. The van der Waals surface area contributed by atoms with E-state index in [1.54, 1.807) is 17.0 Å². The number of urea groups is 1. The Bertz CT molecular complexity index is 476. The highest BCUT2D eigenvalue weighted by Crippen LogP contribution is 2.22. The molecule has 1 aromatic rings. The Balaban J connectivity index is 2.45. The van der Waals surface area contributed by atoms with E-state index in [0.717, 1.165) is 4.88 Å². The maximum atomic E-state index is 12.0. The van der Waals surface area contributed by atoms with Crippen LogP contribution in [-0.2, 0) is 11.3 Å². The number of nitrogens with zero attached hydrogens (tertiary/aromatic N) is 1. The molecule has 0 atom stereocenters. The van der Waals surface area contributed by atoms with Crippen LogP contribution in [0.15, 0.2) is 24.8 Å². The number of carbonyl (C=O) groups is 2. The lowest BCUT2D eigenvalue weighted by Crippen LogP contribution is -2.39. The van der Waals surface area contributed by atoms with Gasteiger partial charge in [-0.1, -0.05) is 17.7 Å². The van der Waals surface area contributed by atoms with Crippen LogP contribution in [0.25, 0.3) is 0 Å². The van der Waals surface area contributed by atoms with Gasteiger partial charge >= 0.3 is 12.0 Å². The maximum absolute atomic E-state index is 12.0. The zero-order valence-corrected chi connectivity index (χ0v) is 12.5. The average molecular weight is 317 g/mol. The molecule has 0 aliphatic rings. The fourth-order valence-electron chi connectivity index (χ4n) is 1.55. The standard InChI is InChI=1S/C13H17ClN2O3S/c1-2-8-16(9-10-5-6-11(14)20-10)13(19)15-7-3-4-12(17)18/h2,5-6H,1,3-4,7-9H2,(H,15,19)(H,17,18). The number of carboxylic acid groups (broad SMARTS) is 1. The summed E-state index contributed by atoms with van der Waals surface area (Å²) in [6, 6.07) is 3.43. The molecule has 0 spiro atoms. The molecule has 2 N–H and O–H groups in total. The van der Waals surface area contributed by atoms with Gasteiger partial charge in [-0.05, 0) is 18.6 Å². The molecule has 2 amide bonds. The Labute approximate surface area is 126 Å². The van der Waals surface area contributed by atoms with Crippen molar-refractivity contribution in [2.45, 2.75) is 19.4 Å². The van der Waals surface area contributed by atoms with Gasteiger partial charge in [0.05, 0.1) is 10.9 Å². The Morgan fingerprint density at radius 2 is 2.25 bits per heavy atom. The van der Waals surface area contributed by atoms with Gasteiger partial charge in [0.1, 0.15) is 0 Å². The number of hydrogen-bond acceptors (Lipinski definition) is 3. The third-order valence-electron chi connectivity index (χ3n) is 2.46. The van der Waals surface area contributed by atoms with Crippen LogP contribution in [0.5, 0.6) is 0 Å². The fourth-order valence-corrected chi connectivity index (χ4v) is 2.65. The molecule has 0 radical (unpaired) electrons. The number of carbonyl (C=O) groups excluding carboxylic acids is 1. The van der Waals surface area contributed by atoms with Gasteiger partial charge in [-0.15, -0.1) is 17.9 Å². The molecule has 0 aromatic carbocycles. The van der Waals surface area contributed by atoms with E-state index in [1.807, 2.05) is 6.07 Å². The number of amides is 2. The summed E-state index contributed by atoms with van der Waals surface area (Å²) in [6.07, 6.45) is 2.10. The molecule has 1 heterocycles. The zero-order chi connectivity index (χ0) is 15.0. The van der Waals surface area contributed by atoms with E-state index in [1.165, 1.54) is 11.3 Å². The lowest BCUT2D eigenvalue weighted by Gasteiger charge is -2.20. The topological polar surface area (TPSA) is 69.6 Å². The lowest BCUT2D eigenvalue weighted by molar-refractivity contribution is -0.137.